The number of H-pyrrole nitrogens is 1. The van der Waals surface area contributed by atoms with Crippen LogP contribution in [0.25, 0.3) is 0 Å². The van der Waals surface area contributed by atoms with Crippen LogP contribution in [0.2, 0.25) is 0 Å². The fourth-order valence-corrected chi connectivity index (χ4v) is 2.11. The zero-order valence-corrected chi connectivity index (χ0v) is 11.4. The number of hydrogen-bond acceptors (Lipinski definition) is 4. The molecule has 1 aliphatic rings. The van der Waals surface area contributed by atoms with Crippen molar-refractivity contribution in [2.45, 2.75) is 39.0 Å². The lowest BCUT2D eigenvalue weighted by atomic mass is 10.2. The number of carbonyl (C=O) groups is 3. The molecule has 2 N–H and O–H groups in total. The molecule has 1 saturated heterocycles. The zero-order valence-electron chi connectivity index (χ0n) is 11.4. The number of aryl methyl sites for hydroxylation is 1. The first-order chi connectivity index (χ1) is 9.60. The minimum Gasteiger partial charge on any atom is -0.309 e. The number of aromatic nitrogens is 2. The van der Waals surface area contributed by atoms with Gasteiger partial charge in [-0.05, 0) is 6.42 Å². The lowest BCUT2D eigenvalue weighted by Crippen LogP contribution is -2.32. The maximum Gasteiger partial charge on any atom is 0.229 e. The first-order valence-electron chi connectivity index (χ1n) is 6.77. The molecule has 0 atom stereocenters. The molecule has 1 aliphatic heterocycles. The Morgan fingerprint density at radius 2 is 2.10 bits per heavy atom. The predicted octanol–water partition coefficient (Wildman–Crippen LogP) is 0.840. The van der Waals surface area contributed by atoms with Gasteiger partial charge in [-0.15, -0.1) is 0 Å². The Labute approximate surface area is 116 Å². The summed E-state index contributed by atoms with van der Waals surface area (Å²) in [5.74, 6) is -0.190. The third-order valence-electron chi connectivity index (χ3n) is 3.14. The van der Waals surface area contributed by atoms with Crippen LogP contribution in [0.4, 0.5) is 5.82 Å². The van der Waals surface area contributed by atoms with Crippen molar-refractivity contribution in [3.63, 3.8) is 0 Å². The maximum absolute atomic E-state index is 11.7. The SMILES string of the molecule is CCCc1cc(NC(=O)CCN2C(=O)CCC2=O)n[nH]1. The average molecular weight is 278 g/mol. The second-order valence-corrected chi connectivity index (χ2v) is 4.77. The summed E-state index contributed by atoms with van der Waals surface area (Å²) in [4.78, 5) is 35.7. The van der Waals surface area contributed by atoms with Crippen molar-refractivity contribution in [1.82, 2.24) is 15.1 Å². The highest BCUT2D eigenvalue weighted by molar-refractivity contribution is 6.02. The van der Waals surface area contributed by atoms with Crippen LogP contribution in [-0.4, -0.2) is 39.4 Å². The molecule has 0 saturated carbocycles. The molecule has 7 heteroatoms. The van der Waals surface area contributed by atoms with Gasteiger partial charge in [0.1, 0.15) is 0 Å². The minimum atomic E-state index is -0.257. The van der Waals surface area contributed by atoms with Crippen molar-refractivity contribution in [2.24, 2.45) is 0 Å². The van der Waals surface area contributed by atoms with Crippen molar-refractivity contribution in [1.29, 1.82) is 0 Å². The van der Waals surface area contributed by atoms with E-state index in [0.717, 1.165) is 23.4 Å². The minimum absolute atomic E-state index is 0.0907. The highest BCUT2D eigenvalue weighted by Gasteiger charge is 2.28. The number of rotatable bonds is 6. The number of nitrogens with zero attached hydrogens (tertiary/aromatic N) is 2. The number of amides is 3. The van der Waals surface area contributed by atoms with Crippen molar-refractivity contribution >= 4 is 23.5 Å². The van der Waals surface area contributed by atoms with Gasteiger partial charge in [0.25, 0.3) is 0 Å². The molecule has 1 aromatic heterocycles. The fraction of sp³-hybridized carbons (Fsp3) is 0.538. The Morgan fingerprint density at radius 3 is 2.75 bits per heavy atom. The van der Waals surface area contributed by atoms with Crippen molar-refractivity contribution < 1.29 is 14.4 Å². The Hall–Kier alpha value is -2.18. The van der Waals surface area contributed by atoms with Gasteiger partial charge in [-0.1, -0.05) is 13.3 Å². The molecule has 2 rings (SSSR count). The average Bonchev–Trinajstić information content (AvgIpc) is 2.96. The number of nitrogens with one attached hydrogen (secondary N) is 2. The van der Waals surface area contributed by atoms with E-state index in [1.807, 2.05) is 0 Å². The first kappa shape index (κ1) is 14.2. The molecule has 0 unspecified atom stereocenters. The lowest BCUT2D eigenvalue weighted by molar-refractivity contribution is -0.138. The van der Waals surface area contributed by atoms with Crippen LogP contribution in [0.1, 0.15) is 38.3 Å². The van der Waals surface area contributed by atoms with Gasteiger partial charge in [0.2, 0.25) is 17.7 Å². The van der Waals surface area contributed by atoms with Gasteiger partial charge < -0.3 is 5.32 Å². The number of imide groups is 1. The van der Waals surface area contributed by atoms with Crippen LogP contribution >= 0.6 is 0 Å². The second-order valence-electron chi connectivity index (χ2n) is 4.77. The van der Waals surface area contributed by atoms with E-state index in [4.69, 9.17) is 0 Å². The van der Waals surface area contributed by atoms with E-state index >= 15 is 0 Å². The van der Waals surface area contributed by atoms with E-state index in [0.29, 0.717) is 5.82 Å². The molecule has 0 radical (unpaired) electrons. The Bertz CT molecular complexity index is 507. The molecule has 7 nitrogen and oxygen atoms in total. The molecule has 0 spiro atoms. The van der Waals surface area contributed by atoms with Gasteiger partial charge in [0.05, 0.1) is 0 Å². The van der Waals surface area contributed by atoms with E-state index in [1.54, 1.807) is 6.07 Å². The van der Waals surface area contributed by atoms with Gasteiger partial charge in [-0.2, -0.15) is 5.10 Å². The van der Waals surface area contributed by atoms with Crippen LogP contribution in [0, 0.1) is 0 Å². The first-order valence-corrected chi connectivity index (χ1v) is 6.77. The Morgan fingerprint density at radius 1 is 1.40 bits per heavy atom. The van der Waals surface area contributed by atoms with Gasteiger partial charge in [-0.3, -0.25) is 24.4 Å². The normalized spacial score (nSPS) is 14.9. The van der Waals surface area contributed by atoms with E-state index < -0.39 is 0 Å². The monoisotopic (exact) mass is 278 g/mol. The van der Waals surface area contributed by atoms with Crippen molar-refractivity contribution in [3.8, 4) is 0 Å². The lowest BCUT2D eigenvalue weighted by Gasteiger charge is -2.12. The molecule has 0 bridgehead atoms. The molecule has 1 fully saturated rings. The molecule has 0 aromatic carbocycles. The second kappa shape index (κ2) is 6.31. The highest BCUT2D eigenvalue weighted by Crippen LogP contribution is 2.12. The Kier molecular flexibility index (Phi) is 4.49. The summed E-state index contributed by atoms with van der Waals surface area (Å²) >= 11 is 0. The number of hydrogen-bond donors (Lipinski definition) is 2. The Balaban J connectivity index is 1.80. The number of carbonyl (C=O) groups excluding carboxylic acids is 3. The molecule has 1 aromatic rings. The number of aromatic amines is 1. The predicted molar refractivity (Wildman–Crippen MR) is 71.8 cm³/mol. The molecule has 2 heterocycles. The quantitative estimate of drug-likeness (QED) is 0.754. The molecular formula is C13H18N4O3. The van der Waals surface area contributed by atoms with E-state index in [9.17, 15) is 14.4 Å². The van der Waals surface area contributed by atoms with Gasteiger partial charge in [-0.25, -0.2) is 0 Å². The van der Waals surface area contributed by atoms with E-state index in [1.165, 1.54) is 0 Å². The summed E-state index contributed by atoms with van der Waals surface area (Å²) in [5.41, 5.74) is 0.965. The summed E-state index contributed by atoms with van der Waals surface area (Å²) in [7, 11) is 0. The van der Waals surface area contributed by atoms with Crippen LogP contribution in [-0.2, 0) is 20.8 Å². The summed E-state index contributed by atoms with van der Waals surface area (Å²) in [6.07, 6.45) is 2.46. The fourth-order valence-electron chi connectivity index (χ4n) is 2.11. The summed E-state index contributed by atoms with van der Waals surface area (Å²) in [5, 5.41) is 9.46. The smallest absolute Gasteiger partial charge is 0.229 e. The van der Waals surface area contributed by atoms with Crippen LogP contribution in [0.5, 0.6) is 0 Å². The highest BCUT2D eigenvalue weighted by atomic mass is 16.2. The summed E-state index contributed by atoms with van der Waals surface area (Å²) in [6, 6.07) is 1.79. The molecular weight excluding hydrogens is 260 g/mol. The van der Waals surface area contributed by atoms with Crippen LogP contribution < -0.4 is 5.32 Å². The summed E-state index contributed by atoms with van der Waals surface area (Å²) < 4.78 is 0. The number of anilines is 1. The van der Waals surface area contributed by atoms with Gasteiger partial charge in [0.15, 0.2) is 5.82 Å². The van der Waals surface area contributed by atoms with Crippen molar-refractivity contribution in [2.75, 3.05) is 11.9 Å². The van der Waals surface area contributed by atoms with E-state index in [2.05, 4.69) is 22.4 Å². The van der Waals surface area contributed by atoms with Crippen LogP contribution in [0.3, 0.4) is 0 Å². The molecule has 20 heavy (non-hydrogen) atoms. The third-order valence-corrected chi connectivity index (χ3v) is 3.14. The standard InChI is InChI=1S/C13H18N4O3/c1-2-3-9-8-10(16-15-9)14-11(18)6-7-17-12(19)4-5-13(17)20/h8H,2-7H2,1H3,(H2,14,15,16,18). The maximum atomic E-state index is 11.7. The summed E-state index contributed by atoms with van der Waals surface area (Å²) in [6.45, 7) is 2.19. The number of likely N-dealkylation sites (tertiary alicyclic amines) is 1. The largest absolute Gasteiger partial charge is 0.309 e. The van der Waals surface area contributed by atoms with Gasteiger partial charge in [0, 0.05) is 37.6 Å². The van der Waals surface area contributed by atoms with Crippen molar-refractivity contribution in [3.05, 3.63) is 11.8 Å². The third kappa shape index (κ3) is 3.43. The topological polar surface area (TPSA) is 95.2 Å². The zero-order chi connectivity index (χ0) is 14.5. The van der Waals surface area contributed by atoms with Crippen LogP contribution in [0.15, 0.2) is 6.07 Å². The van der Waals surface area contributed by atoms with Gasteiger partial charge >= 0.3 is 0 Å². The molecule has 0 aliphatic carbocycles. The molecule has 3 amide bonds. The van der Waals surface area contributed by atoms with E-state index in [-0.39, 0.29) is 43.5 Å². The molecule has 108 valence electrons.